The molecule has 2 heterocycles. The lowest BCUT2D eigenvalue weighted by atomic mass is 10.1. The van der Waals surface area contributed by atoms with Crippen LogP contribution >= 0.6 is 0 Å². The second-order valence-corrected chi connectivity index (χ2v) is 9.60. The molecular formula is C28H39N3O6. The van der Waals surface area contributed by atoms with Gasteiger partial charge in [-0.15, -0.1) is 0 Å². The van der Waals surface area contributed by atoms with E-state index in [-0.39, 0.29) is 12.0 Å². The van der Waals surface area contributed by atoms with Crippen molar-refractivity contribution in [3.05, 3.63) is 53.6 Å². The normalized spacial score (nSPS) is 19.9. The van der Waals surface area contributed by atoms with Crippen molar-refractivity contribution in [3.8, 4) is 17.2 Å². The molecule has 2 atom stereocenters. The molecule has 2 saturated heterocycles. The molecule has 9 nitrogen and oxygen atoms in total. The summed E-state index contributed by atoms with van der Waals surface area (Å²) >= 11 is 0. The third kappa shape index (κ3) is 7.13. The number of methoxy groups -OCH3 is 3. The van der Waals surface area contributed by atoms with Crippen LogP contribution in [-0.2, 0) is 11.2 Å². The van der Waals surface area contributed by atoms with Crippen LogP contribution in [0.2, 0.25) is 0 Å². The average Bonchev–Trinajstić information content (AvgIpc) is 2.93. The van der Waals surface area contributed by atoms with Crippen molar-refractivity contribution in [3.63, 3.8) is 0 Å². The van der Waals surface area contributed by atoms with Gasteiger partial charge in [0.15, 0.2) is 11.5 Å². The summed E-state index contributed by atoms with van der Waals surface area (Å²) in [6, 6.07) is 13.5. The van der Waals surface area contributed by atoms with E-state index in [9.17, 15) is 9.90 Å². The van der Waals surface area contributed by atoms with Gasteiger partial charge in [-0.1, -0.05) is 30.3 Å². The molecule has 2 unspecified atom stereocenters. The number of piperazine rings is 1. The summed E-state index contributed by atoms with van der Waals surface area (Å²) in [7, 11) is 4.63. The van der Waals surface area contributed by atoms with Crippen LogP contribution in [0.5, 0.6) is 17.2 Å². The summed E-state index contributed by atoms with van der Waals surface area (Å²) in [5, 5.41) is 10.6. The number of aliphatic hydroxyl groups excluding tert-OH is 1. The Balaban J connectivity index is 1.25. The Morgan fingerprint density at radius 2 is 1.65 bits per heavy atom. The van der Waals surface area contributed by atoms with Crippen LogP contribution < -0.4 is 14.2 Å². The number of amides is 1. The van der Waals surface area contributed by atoms with Gasteiger partial charge in [0.05, 0.1) is 40.1 Å². The Kier molecular flexibility index (Phi) is 9.62. The summed E-state index contributed by atoms with van der Waals surface area (Å²) in [6.07, 6.45) is 0.353. The molecule has 2 aromatic carbocycles. The Morgan fingerprint density at radius 1 is 0.973 bits per heavy atom. The molecule has 2 aliphatic rings. The number of carbonyl (C=O) groups excluding carboxylic acids is 1. The number of hydrogen-bond donors (Lipinski definition) is 1. The van der Waals surface area contributed by atoms with Crippen LogP contribution in [0.3, 0.4) is 0 Å². The van der Waals surface area contributed by atoms with Gasteiger partial charge >= 0.3 is 0 Å². The Morgan fingerprint density at radius 3 is 2.27 bits per heavy atom. The van der Waals surface area contributed by atoms with Gasteiger partial charge in [0.2, 0.25) is 5.75 Å². The molecule has 37 heavy (non-hydrogen) atoms. The van der Waals surface area contributed by atoms with Crippen LogP contribution in [0, 0.1) is 0 Å². The Bertz CT molecular complexity index is 987. The minimum atomic E-state index is -0.397. The van der Waals surface area contributed by atoms with Gasteiger partial charge in [-0.2, -0.15) is 0 Å². The zero-order chi connectivity index (χ0) is 26.2. The SMILES string of the molecule is COc1cc(C(=O)N2CCN(CC3CN(CC(O)Cc4ccccc4)CCO3)CC2)cc(OC)c1OC. The third-order valence-corrected chi connectivity index (χ3v) is 7.04. The monoisotopic (exact) mass is 513 g/mol. The molecule has 2 aromatic rings. The number of morpholine rings is 1. The zero-order valence-corrected chi connectivity index (χ0v) is 22.1. The van der Waals surface area contributed by atoms with Crippen LogP contribution in [0.15, 0.2) is 42.5 Å². The predicted molar refractivity (Wildman–Crippen MR) is 141 cm³/mol. The van der Waals surface area contributed by atoms with Crippen molar-refractivity contribution in [1.29, 1.82) is 0 Å². The molecule has 0 saturated carbocycles. The van der Waals surface area contributed by atoms with E-state index < -0.39 is 6.10 Å². The highest BCUT2D eigenvalue weighted by Crippen LogP contribution is 2.38. The molecular weight excluding hydrogens is 474 g/mol. The van der Waals surface area contributed by atoms with E-state index in [1.807, 2.05) is 23.1 Å². The first-order chi connectivity index (χ1) is 18.0. The number of hydrogen-bond acceptors (Lipinski definition) is 8. The zero-order valence-electron chi connectivity index (χ0n) is 22.1. The highest BCUT2D eigenvalue weighted by molar-refractivity contribution is 5.95. The maximum atomic E-state index is 13.2. The second-order valence-electron chi connectivity index (χ2n) is 9.60. The molecule has 0 radical (unpaired) electrons. The quantitative estimate of drug-likeness (QED) is 0.515. The Hall–Kier alpha value is -2.85. The number of ether oxygens (including phenoxy) is 4. The summed E-state index contributed by atoms with van der Waals surface area (Å²) < 4.78 is 22.2. The molecule has 1 N–H and O–H groups in total. The van der Waals surface area contributed by atoms with Crippen molar-refractivity contribution in [2.45, 2.75) is 18.6 Å². The van der Waals surface area contributed by atoms with E-state index in [4.69, 9.17) is 18.9 Å². The Labute approximate surface area is 219 Å². The fourth-order valence-corrected chi connectivity index (χ4v) is 5.11. The molecule has 2 aliphatic heterocycles. The number of aliphatic hydroxyl groups is 1. The summed E-state index contributed by atoms with van der Waals surface area (Å²) in [5.41, 5.74) is 1.67. The smallest absolute Gasteiger partial charge is 0.254 e. The first-order valence-corrected chi connectivity index (χ1v) is 12.9. The van der Waals surface area contributed by atoms with Crippen molar-refractivity contribution in [2.24, 2.45) is 0 Å². The van der Waals surface area contributed by atoms with Crippen molar-refractivity contribution >= 4 is 5.91 Å². The van der Waals surface area contributed by atoms with E-state index in [1.54, 1.807) is 33.5 Å². The molecule has 9 heteroatoms. The predicted octanol–water partition coefficient (Wildman–Crippen LogP) is 1.77. The van der Waals surface area contributed by atoms with E-state index in [2.05, 4.69) is 21.9 Å². The average molecular weight is 514 g/mol. The van der Waals surface area contributed by atoms with Gasteiger partial charge in [0.25, 0.3) is 5.91 Å². The molecule has 4 rings (SSSR count). The van der Waals surface area contributed by atoms with Gasteiger partial charge in [0, 0.05) is 57.9 Å². The van der Waals surface area contributed by atoms with Crippen LogP contribution in [0.1, 0.15) is 15.9 Å². The first-order valence-electron chi connectivity index (χ1n) is 12.9. The number of β-amino-alcohol motifs (C(OH)–C–C–N with tert-alkyl or cyclic N) is 1. The topological polar surface area (TPSA) is 83.9 Å². The third-order valence-electron chi connectivity index (χ3n) is 7.04. The summed E-state index contributed by atoms with van der Waals surface area (Å²) in [4.78, 5) is 19.7. The molecule has 0 bridgehead atoms. The second kappa shape index (κ2) is 13.1. The van der Waals surface area contributed by atoms with Crippen molar-refractivity contribution in [2.75, 3.05) is 80.3 Å². The first kappa shape index (κ1) is 27.2. The van der Waals surface area contributed by atoms with Gasteiger partial charge in [-0.05, 0) is 24.1 Å². The number of nitrogens with zero attached hydrogens (tertiary/aromatic N) is 3. The lowest BCUT2D eigenvalue weighted by Crippen LogP contribution is -2.54. The van der Waals surface area contributed by atoms with Crippen LogP contribution in [0.25, 0.3) is 0 Å². The van der Waals surface area contributed by atoms with E-state index >= 15 is 0 Å². The van der Waals surface area contributed by atoms with Gasteiger partial charge in [0.1, 0.15) is 0 Å². The number of rotatable bonds is 10. The fraction of sp³-hybridized carbons (Fsp3) is 0.536. The largest absolute Gasteiger partial charge is 0.493 e. The maximum absolute atomic E-state index is 13.2. The van der Waals surface area contributed by atoms with E-state index in [0.29, 0.717) is 55.5 Å². The number of carbonyl (C=O) groups is 1. The molecule has 0 spiro atoms. The number of benzene rings is 2. The minimum absolute atomic E-state index is 0.0496. The molecule has 1 amide bonds. The molecule has 0 aliphatic carbocycles. The van der Waals surface area contributed by atoms with E-state index in [1.165, 1.54) is 0 Å². The van der Waals surface area contributed by atoms with Crippen molar-refractivity contribution < 1.29 is 28.8 Å². The van der Waals surface area contributed by atoms with Crippen LogP contribution in [-0.4, -0.2) is 118 Å². The summed E-state index contributed by atoms with van der Waals surface area (Å²) in [5.74, 6) is 1.36. The van der Waals surface area contributed by atoms with Crippen LogP contribution in [0.4, 0.5) is 0 Å². The molecule has 202 valence electrons. The summed E-state index contributed by atoms with van der Waals surface area (Å²) in [6.45, 7) is 6.62. The standard InChI is InChI=1S/C28H39N3O6/c1-34-25-16-22(17-26(35-2)27(25)36-3)28(33)31-11-9-29(10-12-31)19-24-20-30(13-14-37-24)18-23(32)15-21-7-5-4-6-8-21/h4-8,16-17,23-24,32H,9-15,18-20H2,1-3H3. The minimum Gasteiger partial charge on any atom is -0.493 e. The van der Waals surface area contributed by atoms with Gasteiger partial charge < -0.3 is 29.0 Å². The van der Waals surface area contributed by atoms with Crippen molar-refractivity contribution in [1.82, 2.24) is 14.7 Å². The van der Waals surface area contributed by atoms with Gasteiger partial charge in [-0.25, -0.2) is 0 Å². The lowest BCUT2D eigenvalue weighted by molar-refractivity contribution is -0.0562. The lowest BCUT2D eigenvalue weighted by Gasteiger charge is -2.39. The molecule has 2 fully saturated rings. The molecule has 0 aromatic heterocycles. The fourth-order valence-electron chi connectivity index (χ4n) is 5.11. The highest BCUT2D eigenvalue weighted by atomic mass is 16.5. The maximum Gasteiger partial charge on any atom is 0.254 e. The highest BCUT2D eigenvalue weighted by Gasteiger charge is 2.28. The van der Waals surface area contributed by atoms with Gasteiger partial charge in [-0.3, -0.25) is 14.6 Å². The van der Waals surface area contributed by atoms with E-state index in [0.717, 1.165) is 38.3 Å².